The number of terminal acetylenes is 1. The molecular formula is C13H10OS. The minimum Gasteiger partial charge on any atom is -0.496 e. The van der Waals surface area contributed by atoms with E-state index < -0.39 is 0 Å². The Kier molecular flexibility index (Phi) is 2.75. The van der Waals surface area contributed by atoms with Gasteiger partial charge in [-0.3, -0.25) is 0 Å². The van der Waals surface area contributed by atoms with Crippen LogP contribution in [0.5, 0.6) is 5.75 Å². The SMILES string of the molecule is C#Cc1cc(-c2ccccc2OC)cs1. The quantitative estimate of drug-likeness (QED) is 0.696. The largest absolute Gasteiger partial charge is 0.496 e. The lowest BCUT2D eigenvalue weighted by molar-refractivity contribution is 0.416. The van der Waals surface area contributed by atoms with Gasteiger partial charge in [0.25, 0.3) is 0 Å². The lowest BCUT2D eigenvalue weighted by Crippen LogP contribution is -1.85. The van der Waals surface area contributed by atoms with Gasteiger partial charge in [-0.15, -0.1) is 17.8 Å². The third kappa shape index (κ3) is 1.88. The van der Waals surface area contributed by atoms with Crippen molar-refractivity contribution < 1.29 is 4.74 Å². The fourth-order valence-corrected chi connectivity index (χ4v) is 2.15. The number of benzene rings is 1. The predicted molar refractivity (Wildman–Crippen MR) is 64.2 cm³/mol. The Hall–Kier alpha value is -1.72. The van der Waals surface area contributed by atoms with E-state index in [1.54, 1.807) is 18.4 Å². The van der Waals surface area contributed by atoms with Gasteiger partial charge in [-0.05, 0) is 17.7 Å². The summed E-state index contributed by atoms with van der Waals surface area (Å²) in [6.45, 7) is 0. The van der Waals surface area contributed by atoms with Gasteiger partial charge in [-0.2, -0.15) is 0 Å². The van der Waals surface area contributed by atoms with E-state index in [0.717, 1.165) is 21.8 Å². The zero-order valence-corrected chi connectivity index (χ0v) is 9.17. The minimum absolute atomic E-state index is 0.874. The molecule has 15 heavy (non-hydrogen) atoms. The maximum absolute atomic E-state index is 5.34. The molecule has 0 atom stereocenters. The Bertz CT molecular complexity index is 505. The number of ether oxygens (including phenoxy) is 1. The van der Waals surface area contributed by atoms with Gasteiger partial charge in [0.15, 0.2) is 0 Å². The summed E-state index contributed by atoms with van der Waals surface area (Å²) in [5.41, 5.74) is 2.20. The molecule has 0 aliphatic rings. The van der Waals surface area contributed by atoms with Crippen molar-refractivity contribution in [3.05, 3.63) is 40.6 Å². The van der Waals surface area contributed by atoms with Crippen LogP contribution in [0.25, 0.3) is 11.1 Å². The smallest absolute Gasteiger partial charge is 0.126 e. The molecule has 0 saturated heterocycles. The highest BCUT2D eigenvalue weighted by Crippen LogP contribution is 2.32. The monoisotopic (exact) mass is 214 g/mol. The number of hydrogen-bond acceptors (Lipinski definition) is 2. The average molecular weight is 214 g/mol. The second-order valence-corrected chi connectivity index (χ2v) is 3.96. The second kappa shape index (κ2) is 4.20. The van der Waals surface area contributed by atoms with E-state index in [1.165, 1.54) is 0 Å². The third-order valence-corrected chi connectivity index (χ3v) is 3.02. The molecule has 74 valence electrons. The first-order chi connectivity index (χ1) is 7.35. The molecule has 1 heterocycles. The molecule has 0 aliphatic carbocycles. The van der Waals surface area contributed by atoms with Crippen molar-refractivity contribution in [1.29, 1.82) is 0 Å². The number of para-hydroxylation sites is 1. The van der Waals surface area contributed by atoms with Crippen LogP contribution >= 0.6 is 11.3 Å². The van der Waals surface area contributed by atoms with Crippen molar-refractivity contribution >= 4 is 11.3 Å². The highest BCUT2D eigenvalue weighted by molar-refractivity contribution is 7.11. The molecule has 1 nitrogen and oxygen atoms in total. The Balaban J connectivity index is 2.49. The van der Waals surface area contributed by atoms with Crippen LogP contribution in [-0.2, 0) is 0 Å². The van der Waals surface area contributed by atoms with Crippen LogP contribution in [0.2, 0.25) is 0 Å². The minimum atomic E-state index is 0.874. The second-order valence-electron chi connectivity index (χ2n) is 3.04. The van der Waals surface area contributed by atoms with Gasteiger partial charge in [-0.25, -0.2) is 0 Å². The van der Waals surface area contributed by atoms with Gasteiger partial charge in [-0.1, -0.05) is 24.1 Å². The van der Waals surface area contributed by atoms with Crippen molar-refractivity contribution in [2.45, 2.75) is 0 Å². The van der Waals surface area contributed by atoms with E-state index in [2.05, 4.69) is 5.92 Å². The average Bonchev–Trinajstić information content (AvgIpc) is 2.77. The molecule has 2 heteroatoms. The molecule has 0 unspecified atom stereocenters. The molecule has 0 N–H and O–H groups in total. The molecule has 2 aromatic rings. The van der Waals surface area contributed by atoms with Gasteiger partial charge in [0.1, 0.15) is 5.75 Å². The van der Waals surface area contributed by atoms with Crippen LogP contribution in [0, 0.1) is 12.3 Å². The summed E-state index contributed by atoms with van der Waals surface area (Å²) in [5, 5.41) is 2.05. The Morgan fingerprint density at radius 2 is 2.13 bits per heavy atom. The summed E-state index contributed by atoms with van der Waals surface area (Å²) < 4.78 is 5.30. The van der Waals surface area contributed by atoms with Crippen molar-refractivity contribution in [3.8, 4) is 29.2 Å². The molecule has 0 amide bonds. The molecule has 1 aromatic carbocycles. The summed E-state index contributed by atoms with van der Waals surface area (Å²) in [4.78, 5) is 0.941. The predicted octanol–water partition coefficient (Wildman–Crippen LogP) is 3.41. The van der Waals surface area contributed by atoms with Crippen LogP contribution in [0.15, 0.2) is 35.7 Å². The van der Waals surface area contributed by atoms with E-state index in [1.807, 2.05) is 35.7 Å². The number of hydrogen-bond donors (Lipinski definition) is 0. The van der Waals surface area contributed by atoms with Gasteiger partial charge >= 0.3 is 0 Å². The van der Waals surface area contributed by atoms with Crippen molar-refractivity contribution in [3.63, 3.8) is 0 Å². The van der Waals surface area contributed by atoms with Crippen molar-refractivity contribution in [2.24, 2.45) is 0 Å². The number of methoxy groups -OCH3 is 1. The zero-order valence-electron chi connectivity index (χ0n) is 8.36. The van der Waals surface area contributed by atoms with E-state index >= 15 is 0 Å². The third-order valence-electron chi connectivity index (χ3n) is 2.16. The van der Waals surface area contributed by atoms with E-state index in [4.69, 9.17) is 11.2 Å². The summed E-state index contributed by atoms with van der Waals surface area (Å²) in [7, 11) is 1.67. The van der Waals surface area contributed by atoms with Crippen molar-refractivity contribution in [2.75, 3.05) is 7.11 Å². The standard InChI is InChI=1S/C13H10OS/c1-3-11-8-10(9-15-11)12-6-4-5-7-13(12)14-2/h1,4-9H,2H3. The number of rotatable bonds is 2. The Morgan fingerprint density at radius 3 is 2.80 bits per heavy atom. The zero-order chi connectivity index (χ0) is 10.7. The first-order valence-electron chi connectivity index (χ1n) is 4.53. The van der Waals surface area contributed by atoms with Crippen LogP contribution in [0.1, 0.15) is 4.88 Å². The summed E-state index contributed by atoms with van der Waals surface area (Å²) >= 11 is 1.57. The fraction of sp³-hybridized carbons (Fsp3) is 0.0769. The van der Waals surface area contributed by atoms with Gasteiger partial charge in [0.2, 0.25) is 0 Å². The van der Waals surface area contributed by atoms with Gasteiger partial charge < -0.3 is 4.74 Å². The van der Waals surface area contributed by atoms with Crippen molar-refractivity contribution in [1.82, 2.24) is 0 Å². The van der Waals surface area contributed by atoms with Crippen LogP contribution in [0.4, 0.5) is 0 Å². The lowest BCUT2D eigenvalue weighted by Gasteiger charge is -2.05. The number of thiophene rings is 1. The lowest BCUT2D eigenvalue weighted by atomic mass is 10.1. The van der Waals surface area contributed by atoms with Crippen LogP contribution in [-0.4, -0.2) is 7.11 Å². The molecule has 0 radical (unpaired) electrons. The van der Waals surface area contributed by atoms with Gasteiger partial charge in [0.05, 0.1) is 12.0 Å². The Morgan fingerprint density at radius 1 is 1.33 bits per heavy atom. The summed E-state index contributed by atoms with van der Waals surface area (Å²) in [6.07, 6.45) is 5.34. The maximum atomic E-state index is 5.34. The summed E-state index contributed by atoms with van der Waals surface area (Å²) in [5.74, 6) is 3.51. The highest BCUT2D eigenvalue weighted by Gasteiger charge is 2.06. The van der Waals surface area contributed by atoms with E-state index in [9.17, 15) is 0 Å². The normalized spacial score (nSPS) is 9.60. The van der Waals surface area contributed by atoms with Gasteiger partial charge in [0, 0.05) is 10.9 Å². The highest BCUT2D eigenvalue weighted by atomic mass is 32.1. The molecule has 0 spiro atoms. The van der Waals surface area contributed by atoms with E-state index in [-0.39, 0.29) is 0 Å². The molecule has 0 bridgehead atoms. The van der Waals surface area contributed by atoms with E-state index in [0.29, 0.717) is 0 Å². The molecule has 1 aromatic heterocycles. The molecule has 2 rings (SSSR count). The van der Waals surface area contributed by atoms with Crippen LogP contribution in [0.3, 0.4) is 0 Å². The summed E-state index contributed by atoms with van der Waals surface area (Å²) in [6, 6.07) is 9.92. The topological polar surface area (TPSA) is 9.23 Å². The fourth-order valence-electron chi connectivity index (χ4n) is 1.44. The van der Waals surface area contributed by atoms with Crippen LogP contribution < -0.4 is 4.74 Å². The first kappa shape index (κ1) is 9.82. The molecule has 0 saturated carbocycles. The molecular weight excluding hydrogens is 204 g/mol. The first-order valence-corrected chi connectivity index (χ1v) is 5.41. The maximum Gasteiger partial charge on any atom is 0.126 e. The molecule has 0 aliphatic heterocycles. The Labute approximate surface area is 93.3 Å². The molecule has 0 fully saturated rings.